The van der Waals surface area contributed by atoms with Gasteiger partial charge in [-0.05, 0) is 37.0 Å². The van der Waals surface area contributed by atoms with Crippen LogP contribution in [0.4, 0.5) is 5.69 Å². The van der Waals surface area contributed by atoms with E-state index in [-0.39, 0.29) is 5.91 Å². The standard InChI is InChI=1S/C12H15NO2/c1-8(14)9-5-6-11-10(7-9)3-2-4-12(15)13-11/h5-8,14H,2-4H2,1H3,(H,13,15)/t8-/m1/s1. The molecule has 0 bridgehead atoms. The first-order valence-corrected chi connectivity index (χ1v) is 5.27. The lowest BCUT2D eigenvalue weighted by Gasteiger charge is -2.10. The van der Waals surface area contributed by atoms with E-state index in [0.29, 0.717) is 6.42 Å². The zero-order valence-electron chi connectivity index (χ0n) is 8.79. The van der Waals surface area contributed by atoms with Crippen molar-refractivity contribution < 1.29 is 9.90 Å². The third-order valence-electron chi connectivity index (χ3n) is 2.74. The van der Waals surface area contributed by atoms with Crippen LogP contribution in [-0.4, -0.2) is 11.0 Å². The van der Waals surface area contributed by atoms with Gasteiger partial charge in [0.1, 0.15) is 0 Å². The van der Waals surface area contributed by atoms with E-state index in [1.807, 2.05) is 18.2 Å². The van der Waals surface area contributed by atoms with Gasteiger partial charge in [-0.1, -0.05) is 12.1 Å². The molecule has 1 aromatic carbocycles. The molecule has 0 fully saturated rings. The van der Waals surface area contributed by atoms with Crippen LogP contribution in [0.15, 0.2) is 18.2 Å². The van der Waals surface area contributed by atoms with E-state index in [1.165, 1.54) is 0 Å². The first-order chi connectivity index (χ1) is 7.16. The van der Waals surface area contributed by atoms with E-state index >= 15 is 0 Å². The average Bonchev–Trinajstić information content (AvgIpc) is 2.37. The van der Waals surface area contributed by atoms with Gasteiger partial charge in [-0.3, -0.25) is 4.79 Å². The molecule has 1 heterocycles. The third kappa shape index (κ3) is 2.18. The summed E-state index contributed by atoms with van der Waals surface area (Å²) in [4.78, 5) is 11.3. The summed E-state index contributed by atoms with van der Waals surface area (Å²) < 4.78 is 0. The highest BCUT2D eigenvalue weighted by Crippen LogP contribution is 2.25. The van der Waals surface area contributed by atoms with Crippen LogP contribution in [0.1, 0.15) is 37.0 Å². The molecule has 1 aromatic rings. The molecule has 3 nitrogen and oxygen atoms in total. The second-order valence-electron chi connectivity index (χ2n) is 3.99. The van der Waals surface area contributed by atoms with Gasteiger partial charge in [0, 0.05) is 12.1 Å². The predicted octanol–water partition coefficient (Wildman–Crippen LogP) is 2.01. The summed E-state index contributed by atoms with van der Waals surface area (Å²) in [5.74, 6) is 0.0820. The lowest BCUT2D eigenvalue weighted by Crippen LogP contribution is -2.09. The Morgan fingerprint density at radius 2 is 2.20 bits per heavy atom. The molecule has 1 amide bonds. The maximum atomic E-state index is 11.3. The molecule has 0 aliphatic carbocycles. The number of hydrogen-bond donors (Lipinski definition) is 2. The minimum absolute atomic E-state index is 0.0820. The van der Waals surface area contributed by atoms with Crippen LogP contribution in [0.3, 0.4) is 0 Å². The Balaban J connectivity index is 2.35. The largest absolute Gasteiger partial charge is 0.389 e. The highest BCUT2D eigenvalue weighted by atomic mass is 16.3. The minimum atomic E-state index is -0.450. The van der Waals surface area contributed by atoms with Gasteiger partial charge in [-0.15, -0.1) is 0 Å². The van der Waals surface area contributed by atoms with Crippen LogP contribution in [0, 0.1) is 0 Å². The summed E-state index contributed by atoms with van der Waals surface area (Å²) in [5, 5.41) is 12.3. The molecule has 0 saturated carbocycles. The summed E-state index contributed by atoms with van der Waals surface area (Å²) in [5.41, 5.74) is 2.92. The number of benzene rings is 1. The number of carbonyl (C=O) groups is 1. The fourth-order valence-corrected chi connectivity index (χ4v) is 1.85. The van der Waals surface area contributed by atoms with Crippen LogP contribution in [-0.2, 0) is 11.2 Å². The second kappa shape index (κ2) is 4.03. The SMILES string of the molecule is C[C@@H](O)c1ccc2c(c1)CCCC(=O)N2. The van der Waals surface area contributed by atoms with Crippen molar-refractivity contribution in [1.82, 2.24) is 0 Å². The van der Waals surface area contributed by atoms with E-state index in [4.69, 9.17) is 0 Å². The van der Waals surface area contributed by atoms with Gasteiger partial charge in [-0.2, -0.15) is 0 Å². The molecular formula is C12H15NO2. The lowest BCUT2D eigenvalue weighted by atomic mass is 10.0. The first-order valence-electron chi connectivity index (χ1n) is 5.27. The molecule has 2 rings (SSSR count). The average molecular weight is 205 g/mol. The van der Waals surface area contributed by atoms with Crippen molar-refractivity contribution in [3.05, 3.63) is 29.3 Å². The summed E-state index contributed by atoms with van der Waals surface area (Å²) in [6.45, 7) is 1.75. The van der Waals surface area contributed by atoms with Gasteiger partial charge in [0.25, 0.3) is 0 Å². The zero-order valence-corrected chi connectivity index (χ0v) is 8.79. The normalized spacial score (nSPS) is 17.6. The molecular weight excluding hydrogens is 190 g/mol. The minimum Gasteiger partial charge on any atom is -0.389 e. The molecule has 0 saturated heterocycles. The second-order valence-corrected chi connectivity index (χ2v) is 3.99. The maximum Gasteiger partial charge on any atom is 0.224 e. The Morgan fingerprint density at radius 1 is 1.40 bits per heavy atom. The Hall–Kier alpha value is -1.35. The van der Waals surface area contributed by atoms with Gasteiger partial charge < -0.3 is 10.4 Å². The summed E-state index contributed by atoms with van der Waals surface area (Å²) >= 11 is 0. The van der Waals surface area contributed by atoms with Crippen molar-refractivity contribution >= 4 is 11.6 Å². The van der Waals surface area contributed by atoms with Crippen LogP contribution in [0.5, 0.6) is 0 Å². The highest BCUT2D eigenvalue weighted by Gasteiger charge is 2.13. The van der Waals surface area contributed by atoms with Crippen LogP contribution in [0.25, 0.3) is 0 Å². The molecule has 1 aliphatic heterocycles. The molecule has 80 valence electrons. The topological polar surface area (TPSA) is 49.3 Å². The van der Waals surface area contributed by atoms with Crippen LogP contribution in [0.2, 0.25) is 0 Å². The van der Waals surface area contributed by atoms with Crippen LogP contribution < -0.4 is 5.32 Å². The number of fused-ring (bicyclic) bond motifs is 1. The summed E-state index contributed by atoms with van der Waals surface area (Å²) in [7, 11) is 0. The van der Waals surface area contributed by atoms with Crippen molar-refractivity contribution in [2.75, 3.05) is 5.32 Å². The van der Waals surface area contributed by atoms with E-state index in [0.717, 1.165) is 29.7 Å². The number of amides is 1. The molecule has 1 atom stereocenters. The number of anilines is 1. The maximum absolute atomic E-state index is 11.3. The molecule has 0 unspecified atom stereocenters. The van der Waals surface area contributed by atoms with E-state index in [2.05, 4.69) is 5.32 Å². The Bertz CT molecular complexity index is 385. The van der Waals surface area contributed by atoms with Crippen molar-refractivity contribution in [3.63, 3.8) is 0 Å². The number of aliphatic hydroxyl groups is 1. The Labute approximate surface area is 89.1 Å². The van der Waals surface area contributed by atoms with Crippen LogP contribution >= 0.6 is 0 Å². The molecule has 0 aromatic heterocycles. The molecule has 1 aliphatic rings. The smallest absolute Gasteiger partial charge is 0.224 e. The molecule has 0 spiro atoms. The van der Waals surface area contributed by atoms with Crippen molar-refractivity contribution in [1.29, 1.82) is 0 Å². The van der Waals surface area contributed by atoms with Gasteiger partial charge >= 0.3 is 0 Å². The third-order valence-corrected chi connectivity index (χ3v) is 2.74. The lowest BCUT2D eigenvalue weighted by molar-refractivity contribution is -0.116. The molecule has 3 heteroatoms. The van der Waals surface area contributed by atoms with Crippen molar-refractivity contribution in [2.24, 2.45) is 0 Å². The fraction of sp³-hybridized carbons (Fsp3) is 0.417. The number of rotatable bonds is 1. The van der Waals surface area contributed by atoms with E-state index in [9.17, 15) is 9.90 Å². The predicted molar refractivity (Wildman–Crippen MR) is 58.6 cm³/mol. The van der Waals surface area contributed by atoms with E-state index < -0.39 is 6.10 Å². The number of aryl methyl sites for hydroxylation is 1. The Kier molecular flexibility index (Phi) is 2.73. The molecule has 0 radical (unpaired) electrons. The first kappa shape index (κ1) is 10.2. The van der Waals surface area contributed by atoms with Gasteiger partial charge in [0.2, 0.25) is 5.91 Å². The summed E-state index contributed by atoms with van der Waals surface area (Å²) in [6, 6.07) is 5.71. The highest BCUT2D eigenvalue weighted by molar-refractivity contribution is 5.92. The molecule has 15 heavy (non-hydrogen) atoms. The fourth-order valence-electron chi connectivity index (χ4n) is 1.85. The van der Waals surface area contributed by atoms with Crippen molar-refractivity contribution in [2.45, 2.75) is 32.3 Å². The Morgan fingerprint density at radius 3 is 2.93 bits per heavy atom. The number of carbonyl (C=O) groups excluding carboxylic acids is 1. The number of hydrogen-bond acceptors (Lipinski definition) is 2. The monoisotopic (exact) mass is 205 g/mol. The summed E-state index contributed by atoms with van der Waals surface area (Å²) in [6.07, 6.45) is 1.91. The zero-order chi connectivity index (χ0) is 10.8. The quantitative estimate of drug-likeness (QED) is 0.736. The van der Waals surface area contributed by atoms with Gasteiger partial charge in [0.15, 0.2) is 0 Å². The molecule has 2 N–H and O–H groups in total. The number of aliphatic hydroxyl groups excluding tert-OH is 1. The van der Waals surface area contributed by atoms with Gasteiger partial charge in [-0.25, -0.2) is 0 Å². The van der Waals surface area contributed by atoms with Crippen molar-refractivity contribution in [3.8, 4) is 0 Å². The van der Waals surface area contributed by atoms with Gasteiger partial charge in [0.05, 0.1) is 6.10 Å². The number of nitrogens with one attached hydrogen (secondary N) is 1. The van der Waals surface area contributed by atoms with E-state index in [1.54, 1.807) is 6.92 Å².